The van der Waals surface area contributed by atoms with Gasteiger partial charge in [-0.25, -0.2) is 0 Å². The average molecular weight is 641 g/mol. The molecule has 0 bridgehead atoms. The Labute approximate surface area is 276 Å². The molecule has 0 aromatic heterocycles. The Kier molecular flexibility index (Phi) is 11.9. The van der Waals surface area contributed by atoms with Crippen LogP contribution in [0.1, 0.15) is 121 Å². The molecule has 3 fully saturated rings. The van der Waals surface area contributed by atoms with Gasteiger partial charge < -0.3 is 8.85 Å². The lowest BCUT2D eigenvalue weighted by molar-refractivity contribution is 0.0969. The van der Waals surface area contributed by atoms with Crippen LogP contribution in [-0.2, 0) is 8.85 Å². The zero-order valence-corrected chi connectivity index (χ0v) is 33.8. The number of hydrogen-bond donors (Lipinski definition) is 0. The molecule has 0 aromatic rings. The highest BCUT2D eigenvalue weighted by Crippen LogP contribution is 2.59. The van der Waals surface area contributed by atoms with Gasteiger partial charge in [-0.05, 0) is 121 Å². The number of allylic oxidation sites excluding steroid dienone is 5. The molecule has 0 spiro atoms. The third-order valence-corrected chi connectivity index (χ3v) is 22.2. The van der Waals surface area contributed by atoms with Crippen LogP contribution in [-0.4, -0.2) is 28.8 Å². The van der Waals surface area contributed by atoms with Gasteiger partial charge in [0.25, 0.3) is 0 Å². The van der Waals surface area contributed by atoms with E-state index in [4.69, 9.17) is 15.4 Å². The van der Waals surface area contributed by atoms with Crippen LogP contribution in [0.25, 0.3) is 0 Å². The summed E-state index contributed by atoms with van der Waals surface area (Å²) in [5.74, 6) is 3.47. The minimum absolute atomic E-state index is 0.0393. The summed E-state index contributed by atoms with van der Waals surface area (Å²) in [6, 6.07) is 0. The maximum absolute atomic E-state index is 7.09. The second kappa shape index (κ2) is 13.8. The van der Waals surface area contributed by atoms with Crippen molar-refractivity contribution in [3.8, 4) is 0 Å². The minimum atomic E-state index is -1.96. The summed E-state index contributed by atoms with van der Waals surface area (Å²) < 4.78 is 14.2. The Morgan fingerprint density at radius 1 is 0.864 bits per heavy atom. The van der Waals surface area contributed by atoms with Gasteiger partial charge in [0.15, 0.2) is 16.6 Å². The summed E-state index contributed by atoms with van der Waals surface area (Å²) in [7, 11) is -3.88. The first-order chi connectivity index (χ1) is 20.0. The summed E-state index contributed by atoms with van der Waals surface area (Å²) in [5, 5.41) is 0.352. The molecule has 7 atom stereocenters. The van der Waals surface area contributed by atoms with Gasteiger partial charge in [0.05, 0.1) is 12.2 Å². The van der Waals surface area contributed by atoms with Gasteiger partial charge in [0.2, 0.25) is 0 Å². The highest BCUT2D eigenvalue weighted by atomic mass is 28.4. The molecule has 0 unspecified atom stereocenters. The van der Waals surface area contributed by atoms with Crippen molar-refractivity contribution in [3.63, 3.8) is 0 Å². The van der Waals surface area contributed by atoms with E-state index in [1.54, 1.807) is 5.57 Å². The first-order valence-electron chi connectivity index (χ1n) is 18.1. The summed E-state index contributed by atoms with van der Waals surface area (Å²) in [5.41, 5.74) is 4.64. The van der Waals surface area contributed by atoms with Crippen LogP contribution in [0.2, 0.25) is 36.3 Å². The Balaban J connectivity index is 1.90. The molecule has 0 N–H and O–H groups in total. The Hall–Kier alpha value is -0.686. The monoisotopic (exact) mass is 641 g/mol. The zero-order valence-electron chi connectivity index (χ0n) is 31.8. The molecular formula is C40H72O2Si2. The molecule has 3 rings (SSSR count). The molecule has 3 aliphatic rings. The van der Waals surface area contributed by atoms with E-state index in [1.165, 1.54) is 43.3 Å². The third kappa shape index (κ3) is 8.42. The first kappa shape index (κ1) is 37.8. The Morgan fingerprint density at radius 3 is 2.02 bits per heavy atom. The van der Waals surface area contributed by atoms with Crippen LogP contribution in [0.4, 0.5) is 0 Å². The van der Waals surface area contributed by atoms with E-state index < -0.39 is 16.6 Å². The molecule has 0 heterocycles. The maximum atomic E-state index is 7.09. The van der Waals surface area contributed by atoms with Crippen molar-refractivity contribution in [2.75, 3.05) is 0 Å². The van der Waals surface area contributed by atoms with Gasteiger partial charge in [0.1, 0.15) is 0 Å². The van der Waals surface area contributed by atoms with E-state index in [9.17, 15) is 0 Å². The van der Waals surface area contributed by atoms with Crippen molar-refractivity contribution in [1.82, 2.24) is 0 Å². The largest absolute Gasteiger partial charge is 0.413 e. The van der Waals surface area contributed by atoms with Gasteiger partial charge in [-0.3, -0.25) is 0 Å². The molecule has 0 aliphatic heterocycles. The minimum Gasteiger partial charge on any atom is -0.413 e. The molecule has 44 heavy (non-hydrogen) atoms. The molecule has 0 radical (unpaired) electrons. The molecule has 2 nitrogen and oxygen atoms in total. The van der Waals surface area contributed by atoms with E-state index in [-0.39, 0.29) is 22.3 Å². The van der Waals surface area contributed by atoms with E-state index in [1.807, 2.05) is 0 Å². The maximum Gasteiger partial charge on any atom is 0.192 e. The van der Waals surface area contributed by atoms with Gasteiger partial charge in [-0.2, -0.15) is 0 Å². The Bertz CT molecular complexity index is 1100. The second-order valence-corrected chi connectivity index (χ2v) is 28.2. The van der Waals surface area contributed by atoms with Crippen LogP contribution in [0.5, 0.6) is 0 Å². The summed E-state index contributed by atoms with van der Waals surface area (Å²) in [6.45, 7) is 40.5. The molecule has 3 aliphatic carbocycles. The SMILES string of the molecule is C=C1C(=CC=C2CCC[C@]3(C)[C@@H]([C@H](C)C=C[C@H](C)C(C)C)CC[C@@H]23)C[C@@H](O[Si](C)(C)C(C)(C)C)C[C@H]1O[Si](C)(C)C(C)(C)C. The van der Waals surface area contributed by atoms with E-state index in [0.29, 0.717) is 29.1 Å². The predicted molar refractivity (Wildman–Crippen MR) is 199 cm³/mol. The van der Waals surface area contributed by atoms with Gasteiger partial charge in [-0.15, -0.1) is 0 Å². The van der Waals surface area contributed by atoms with Gasteiger partial charge in [-0.1, -0.05) is 113 Å². The van der Waals surface area contributed by atoms with Crippen molar-refractivity contribution in [1.29, 1.82) is 0 Å². The van der Waals surface area contributed by atoms with E-state index in [2.05, 4.69) is 127 Å². The fraction of sp³-hybridized carbons (Fsp3) is 0.800. The fourth-order valence-corrected chi connectivity index (χ4v) is 10.3. The van der Waals surface area contributed by atoms with Crippen LogP contribution < -0.4 is 0 Å². The second-order valence-electron chi connectivity index (χ2n) is 18.7. The standard InChI is InChI=1S/C40H72O2Si2/c1-28(2)29(3)19-20-30(4)35-23-24-36-32(18-17-25-40(35,36)12)21-22-33-26-34(41-43(13,14)38(6,7)8)27-37(31(33)5)42-44(15,16)39(9,10)11/h19-22,28-30,34-37H,5,17-18,23-27H2,1-4,6-16H3/t29-,30+,34+,35+,36-,37+,40+/m0/s1. The number of rotatable bonds is 9. The molecule has 252 valence electrons. The molecule has 0 amide bonds. The molecule has 3 saturated carbocycles. The van der Waals surface area contributed by atoms with Crippen LogP contribution in [0.15, 0.2) is 47.6 Å². The molecule has 0 saturated heterocycles. The normalized spacial score (nSPS) is 32.6. The third-order valence-electron chi connectivity index (χ3n) is 13.2. The topological polar surface area (TPSA) is 18.5 Å². The molecular weight excluding hydrogens is 569 g/mol. The Morgan fingerprint density at radius 2 is 1.45 bits per heavy atom. The fourth-order valence-electron chi connectivity index (χ4n) is 7.62. The lowest BCUT2D eigenvalue weighted by atomic mass is 9.61. The number of fused-ring (bicyclic) bond motifs is 1. The van der Waals surface area contributed by atoms with Crippen molar-refractivity contribution in [2.24, 2.45) is 35.0 Å². The lowest BCUT2D eigenvalue weighted by Crippen LogP contribution is -2.49. The smallest absolute Gasteiger partial charge is 0.192 e. The molecule has 0 aromatic carbocycles. The summed E-state index contributed by atoms with van der Waals surface area (Å²) in [6.07, 6.45) is 18.8. The summed E-state index contributed by atoms with van der Waals surface area (Å²) >= 11 is 0. The van der Waals surface area contributed by atoms with Crippen molar-refractivity contribution >= 4 is 16.6 Å². The quantitative estimate of drug-likeness (QED) is 0.184. The first-order valence-corrected chi connectivity index (χ1v) is 23.9. The lowest BCUT2D eigenvalue weighted by Gasteiger charge is -2.45. The highest BCUT2D eigenvalue weighted by molar-refractivity contribution is 6.74. The van der Waals surface area contributed by atoms with Gasteiger partial charge >= 0.3 is 0 Å². The highest BCUT2D eigenvalue weighted by Gasteiger charge is 2.50. The summed E-state index contributed by atoms with van der Waals surface area (Å²) in [4.78, 5) is 0. The molecule has 4 heteroatoms. The van der Waals surface area contributed by atoms with E-state index in [0.717, 1.165) is 18.8 Å². The van der Waals surface area contributed by atoms with Gasteiger partial charge in [0, 0.05) is 6.42 Å². The average Bonchev–Trinajstić information content (AvgIpc) is 3.23. The van der Waals surface area contributed by atoms with E-state index >= 15 is 0 Å². The number of hydrogen-bond acceptors (Lipinski definition) is 2. The van der Waals surface area contributed by atoms with Crippen molar-refractivity contribution in [3.05, 3.63) is 47.6 Å². The van der Waals surface area contributed by atoms with Crippen LogP contribution >= 0.6 is 0 Å². The predicted octanol–water partition coefficient (Wildman–Crippen LogP) is 12.7. The van der Waals surface area contributed by atoms with Crippen molar-refractivity contribution in [2.45, 2.75) is 170 Å². The van der Waals surface area contributed by atoms with Crippen molar-refractivity contribution < 1.29 is 8.85 Å². The van der Waals surface area contributed by atoms with Crippen LogP contribution in [0.3, 0.4) is 0 Å². The zero-order chi connectivity index (χ0) is 33.5. The van der Waals surface area contributed by atoms with Crippen LogP contribution in [0, 0.1) is 35.0 Å².